The molecule has 0 aliphatic carbocycles. The quantitative estimate of drug-likeness (QED) is 0.500. The summed E-state index contributed by atoms with van der Waals surface area (Å²) in [6.07, 6.45) is 1.62. The summed E-state index contributed by atoms with van der Waals surface area (Å²) in [6, 6.07) is 4.89. The van der Waals surface area contributed by atoms with Crippen molar-refractivity contribution in [2.45, 2.75) is 30.7 Å². The van der Waals surface area contributed by atoms with Gasteiger partial charge in [-0.15, -0.1) is 12.4 Å². The number of carbonyl (C=O) groups excluding carboxylic acids is 1. The Bertz CT molecular complexity index is 768. The van der Waals surface area contributed by atoms with Gasteiger partial charge in [0, 0.05) is 38.3 Å². The Morgan fingerprint density at radius 3 is 2.67 bits per heavy atom. The number of nitrogens with one attached hydrogen (secondary N) is 1. The van der Waals surface area contributed by atoms with Crippen molar-refractivity contribution in [1.82, 2.24) is 14.5 Å². The molecule has 1 heterocycles. The van der Waals surface area contributed by atoms with Crippen LogP contribution in [0.5, 0.6) is 0 Å². The SMILES string of the molecule is CCCN(C(=O)CN(C)S(=O)(=O)c1cccc([N+](=O)[O-])c1)C1CCNC1.Cl. The Hall–Kier alpha value is -1.75. The molecule has 1 fully saturated rings. The van der Waals surface area contributed by atoms with Gasteiger partial charge in [-0.3, -0.25) is 14.9 Å². The van der Waals surface area contributed by atoms with Crippen molar-refractivity contribution in [1.29, 1.82) is 0 Å². The molecule has 1 aromatic rings. The third-order valence-electron chi connectivity index (χ3n) is 4.35. The Kier molecular flexibility index (Phi) is 8.60. The summed E-state index contributed by atoms with van der Waals surface area (Å²) < 4.78 is 26.3. The van der Waals surface area contributed by atoms with Gasteiger partial charge >= 0.3 is 0 Å². The molecule has 11 heteroatoms. The zero-order valence-electron chi connectivity index (χ0n) is 15.3. The predicted octanol–water partition coefficient (Wildman–Crippen LogP) is 1.24. The minimum Gasteiger partial charge on any atom is -0.337 e. The predicted molar refractivity (Wildman–Crippen MR) is 103 cm³/mol. The number of carbonyl (C=O) groups is 1. The van der Waals surface area contributed by atoms with E-state index in [4.69, 9.17) is 0 Å². The van der Waals surface area contributed by atoms with E-state index in [1.165, 1.54) is 25.2 Å². The van der Waals surface area contributed by atoms with Crippen molar-refractivity contribution in [2.75, 3.05) is 33.2 Å². The standard InChI is InChI=1S/C16H24N4O5S.ClH/c1-3-9-19(14-7-8-17-11-14)16(21)12-18(2)26(24,25)15-6-4-5-13(10-15)20(22)23;/h4-6,10,14,17H,3,7-9,11-12H2,1-2H3;1H. The fourth-order valence-electron chi connectivity index (χ4n) is 2.96. The monoisotopic (exact) mass is 420 g/mol. The summed E-state index contributed by atoms with van der Waals surface area (Å²) in [6.45, 7) is 3.76. The molecule has 0 spiro atoms. The first-order chi connectivity index (χ1) is 12.3. The van der Waals surface area contributed by atoms with Crippen LogP contribution in [0, 0.1) is 10.1 Å². The van der Waals surface area contributed by atoms with Crippen molar-refractivity contribution in [3.8, 4) is 0 Å². The molecular formula is C16H25ClN4O5S. The highest BCUT2D eigenvalue weighted by Gasteiger charge is 2.30. The van der Waals surface area contributed by atoms with Crippen LogP contribution >= 0.6 is 12.4 Å². The number of non-ortho nitro benzene ring substituents is 1. The first-order valence-electron chi connectivity index (χ1n) is 8.48. The third-order valence-corrected chi connectivity index (χ3v) is 6.15. The highest BCUT2D eigenvalue weighted by molar-refractivity contribution is 7.89. The van der Waals surface area contributed by atoms with E-state index in [0.717, 1.165) is 29.8 Å². The molecule has 2 rings (SSSR count). The van der Waals surface area contributed by atoms with Crippen molar-refractivity contribution in [2.24, 2.45) is 0 Å². The lowest BCUT2D eigenvalue weighted by atomic mass is 10.2. The number of nitrogens with zero attached hydrogens (tertiary/aromatic N) is 3. The summed E-state index contributed by atoms with van der Waals surface area (Å²) in [5.74, 6) is -0.267. The number of hydrogen-bond donors (Lipinski definition) is 1. The molecule has 1 amide bonds. The zero-order valence-corrected chi connectivity index (χ0v) is 17.0. The number of benzene rings is 1. The number of halogens is 1. The van der Waals surface area contributed by atoms with Gasteiger partial charge in [0.2, 0.25) is 15.9 Å². The molecule has 1 atom stereocenters. The molecule has 152 valence electrons. The van der Waals surface area contributed by atoms with Gasteiger partial charge in [0.1, 0.15) is 0 Å². The van der Waals surface area contributed by atoms with Crippen LogP contribution in [0.25, 0.3) is 0 Å². The van der Waals surface area contributed by atoms with Gasteiger partial charge in [-0.25, -0.2) is 8.42 Å². The number of nitro benzene ring substituents is 1. The van der Waals surface area contributed by atoms with Crippen molar-refractivity contribution < 1.29 is 18.1 Å². The summed E-state index contributed by atoms with van der Waals surface area (Å²) in [7, 11) is -2.69. The molecule has 9 nitrogen and oxygen atoms in total. The molecule has 1 N–H and O–H groups in total. The molecule has 0 radical (unpaired) electrons. The number of rotatable bonds is 8. The Labute approximate surface area is 165 Å². The number of hydrogen-bond acceptors (Lipinski definition) is 6. The van der Waals surface area contributed by atoms with E-state index >= 15 is 0 Å². The maximum Gasteiger partial charge on any atom is 0.270 e. The topological polar surface area (TPSA) is 113 Å². The van der Waals surface area contributed by atoms with E-state index in [9.17, 15) is 23.3 Å². The molecule has 0 aromatic heterocycles. The largest absolute Gasteiger partial charge is 0.337 e. The van der Waals surface area contributed by atoms with E-state index in [1.807, 2.05) is 6.92 Å². The second-order valence-electron chi connectivity index (χ2n) is 6.25. The van der Waals surface area contributed by atoms with Gasteiger partial charge < -0.3 is 10.2 Å². The second kappa shape index (κ2) is 9.98. The molecule has 1 unspecified atom stereocenters. The molecule has 27 heavy (non-hydrogen) atoms. The van der Waals surface area contributed by atoms with E-state index in [1.54, 1.807) is 4.90 Å². The normalized spacial score (nSPS) is 16.8. The van der Waals surface area contributed by atoms with E-state index in [-0.39, 0.29) is 41.5 Å². The van der Waals surface area contributed by atoms with Crippen LogP contribution in [0.4, 0.5) is 5.69 Å². The van der Waals surface area contributed by atoms with Gasteiger partial charge in [0.05, 0.1) is 16.4 Å². The fourth-order valence-corrected chi connectivity index (χ4v) is 4.12. The highest BCUT2D eigenvalue weighted by atomic mass is 35.5. The molecular weight excluding hydrogens is 396 g/mol. The lowest BCUT2D eigenvalue weighted by Crippen LogP contribution is -2.47. The molecule has 1 aromatic carbocycles. The first kappa shape index (κ1) is 23.3. The van der Waals surface area contributed by atoms with Gasteiger partial charge in [-0.2, -0.15) is 4.31 Å². The lowest BCUT2D eigenvalue weighted by Gasteiger charge is -2.30. The molecule has 1 saturated heterocycles. The minimum atomic E-state index is -4.00. The van der Waals surface area contributed by atoms with Crippen molar-refractivity contribution in [3.05, 3.63) is 34.4 Å². The van der Waals surface area contributed by atoms with E-state index in [0.29, 0.717) is 13.1 Å². The van der Waals surface area contributed by atoms with Crippen LogP contribution in [0.3, 0.4) is 0 Å². The summed E-state index contributed by atoms with van der Waals surface area (Å²) in [4.78, 5) is 24.4. The molecule has 0 saturated carbocycles. The van der Waals surface area contributed by atoms with Gasteiger partial charge in [0.15, 0.2) is 0 Å². The lowest BCUT2D eigenvalue weighted by molar-refractivity contribution is -0.385. The number of nitro groups is 1. The second-order valence-corrected chi connectivity index (χ2v) is 8.29. The van der Waals surface area contributed by atoms with Crippen molar-refractivity contribution in [3.63, 3.8) is 0 Å². The average molecular weight is 421 g/mol. The van der Waals surface area contributed by atoms with Gasteiger partial charge in [0.25, 0.3) is 5.69 Å². The Morgan fingerprint density at radius 1 is 1.41 bits per heavy atom. The van der Waals surface area contributed by atoms with Crippen LogP contribution < -0.4 is 5.32 Å². The van der Waals surface area contributed by atoms with E-state index < -0.39 is 14.9 Å². The number of likely N-dealkylation sites (N-methyl/N-ethyl adjacent to an activating group) is 1. The molecule has 1 aliphatic heterocycles. The minimum absolute atomic E-state index is 0. The fraction of sp³-hybridized carbons (Fsp3) is 0.562. The van der Waals surface area contributed by atoms with Crippen LogP contribution in [0.2, 0.25) is 0 Å². The smallest absolute Gasteiger partial charge is 0.270 e. The summed E-state index contributed by atoms with van der Waals surface area (Å²) >= 11 is 0. The highest BCUT2D eigenvalue weighted by Crippen LogP contribution is 2.20. The molecule has 1 aliphatic rings. The molecule has 0 bridgehead atoms. The third kappa shape index (κ3) is 5.61. The van der Waals surface area contributed by atoms with Crippen LogP contribution in [0.1, 0.15) is 19.8 Å². The maximum absolute atomic E-state index is 12.7. The first-order valence-corrected chi connectivity index (χ1v) is 9.92. The maximum atomic E-state index is 12.7. The van der Waals surface area contributed by atoms with Gasteiger partial charge in [-0.05, 0) is 25.5 Å². The average Bonchev–Trinajstić information content (AvgIpc) is 3.13. The van der Waals surface area contributed by atoms with Gasteiger partial charge in [-0.1, -0.05) is 13.0 Å². The number of amides is 1. The zero-order chi connectivity index (χ0) is 19.3. The van der Waals surface area contributed by atoms with Crippen LogP contribution in [0.15, 0.2) is 29.2 Å². The Balaban J connectivity index is 0.00000364. The summed E-state index contributed by atoms with van der Waals surface area (Å²) in [5, 5.41) is 14.1. The van der Waals surface area contributed by atoms with Crippen molar-refractivity contribution >= 4 is 34.0 Å². The number of sulfonamides is 1. The Morgan fingerprint density at radius 2 is 2.11 bits per heavy atom. The summed E-state index contributed by atoms with van der Waals surface area (Å²) in [5.41, 5.74) is -0.310. The van der Waals surface area contributed by atoms with Crippen LogP contribution in [-0.4, -0.2) is 67.7 Å². The van der Waals surface area contributed by atoms with E-state index in [2.05, 4.69) is 5.32 Å². The van der Waals surface area contributed by atoms with Crippen LogP contribution in [-0.2, 0) is 14.8 Å².